The zero-order valence-corrected chi connectivity index (χ0v) is 15.5. The highest BCUT2D eigenvalue weighted by atomic mass is 16.5. The van der Waals surface area contributed by atoms with E-state index in [2.05, 4.69) is 29.0 Å². The van der Waals surface area contributed by atoms with E-state index in [-0.39, 0.29) is 12.2 Å². The van der Waals surface area contributed by atoms with Gasteiger partial charge in [-0.05, 0) is 44.9 Å². The molecule has 6 heteroatoms. The highest BCUT2D eigenvalue weighted by Gasteiger charge is 2.51. The SMILES string of the molecule is COc1cc(N2CC(C)OC(C)C2)ncc1NC1CC2(CC(N)C2)C1. The molecule has 4 rings (SSSR count). The number of nitrogens with zero attached hydrogens (tertiary/aromatic N) is 2. The Bertz CT molecular complexity index is 614. The Morgan fingerprint density at radius 1 is 1.24 bits per heavy atom. The van der Waals surface area contributed by atoms with Crippen LogP contribution in [0.15, 0.2) is 12.3 Å². The molecule has 0 aromatic carbocycles. The molecule has 1 aromatic rings. The summed E-state index contributed by atoms with van der Waals surface area (Å²) >= 11 is 0. The molecule has 2 saturated carbocycles. The zero-order chi connectivity index (χ0) is 17.6. The molecule has 3 aliphatic rings. The molecule has 3 N–H and O–H groups in total. The maximum Gasteiger partial charge on any atom is 0.147 e. The van der Waals surface area contributed by atoms with Crippen molar-refractivity contribution in [2.24, 2.45) is 11.1 Å². The number of methoxy groups -OCH3 is 1. The van der Waals surface area contributed by atoms with Crippen LogP contribution in [0.2, 0.25) is 0 Å². The summed E-state index contributed by atoms with van der Waals surface area (Å²) < 4.78 is 11.4. The largest absolute Gasteiger partial charge is 0.494 e. The number of hydrogen-bond donors (Lipinski definition) is 2. The van der Waals surface area contributed by atoms with E-state index in [9.17, 15) is 0 Å². The second kappa shape index (κ2) is 6.32. The topological polar surface area (TPSA) is 72.6 Å². The third kappa shape index (κ3) is 3.29. The number of pyridine rings is 1. The van der Waals surface area contributed by atoms with Crippen molar-refractivity contribution in [1.29, 1.82) is 0 Å². The fraction of sp³-hybridized carbons (Fsp3) is 0.737. The fourth-order valence-electron chi connectivity index (χ4n) is 4.94. The molecule has 6 nitrogen and oxygen atoms in total. The van der Waals surface area contributed by atoms with Gasteiger partial charge in [-0.2, -0.15) is 0 Å². The van der Waals surface area contributed by atoms with Gasteiger partial charge in [0.1, 0.15) is 11.6 Å². The summed E-state index contributed by atoms with van der Waals surface area (Å²) in [7, 11) is 1.72. The fourth-order valence-corrected chi connectivity index (χ4v) is 4.94. The highest BCUT2D eigenvalue weighted by Crippen LogP contribution is 2.56. The molecule has 0 amide bonds. The number of nitrogens with two attached hydrogens (primary N) is 1. The summed E-state index contributed by atoms with van der Waals surface area (Å²) in [5, 5.41) is 3.61. The zero-order valence-electron chi connectivity index (χ0n) is 15.5. The van der Waals surface area contributed by atoms with Crippen molar-refractivity contribution in [3.05, 3.63) is 12.3 Å². The van der Waals surface area contributed by atoms with Crippen LogP contribution in [0.5, 0.6) is 5.75 Å². The molecule has 2 atom stereocenters. The van der Waals surface area contributed by atoms with Crippen LogP contribution in [0, 0.1) is 5.41 Å². The van der Waals surface area contributed by atoms with Crippen molar-refractivity contribution in [1.82, 2.24) is 4.98 Å². The van der Waals surface area contributed by atoms with E-state index in [4.69, 9.17) is 15.2 Å². The maximum atomic E-state index is 5.95. The lowest BCUT2D eigenvalue weighted by atomic mass is 9.52. The minimum Gasteiger partial charge on any atom is -0.494 e. The molecular formula is C19H30N4O2. The molecule has 2 unspecified atom stereocenters. The molecule has 3 fully saturated rings. The Balaban J connectivity index is 1.42. The third-order valence-electron chi connectivity index (χ3n) is 5.92. The minimum atomic E-state index is 0.217. The summed E-state index contributed by atoms with van der Waals surface area (Å²) in [5.74, 6) is 1.82. The number of hydrogen-bond acceptors (Lipinski definition) is 6. The van der Waals surface area contributed by atoms with Gasteiger partial charge in [-0.15, -0.1) is 0 Å². The van der Waals surface area contributed by atoms with E-state index in [1.807, 2.05) is 12.3 Å². The van der Waals surface area contributed by atoms with E-state index in [0.29, 0.717) is 17.5 Å². The Morgan fingerprint density at radius 3 is 2.52 bits per heavy atom. The average molecular weight is 346 g/mol. The van der Waals surface area contributed by atoms with Gasteiger partial charge in [0, 0.05) is 31.2 Å². The quantitative estimate of drug-likeness (QED) is 0.872. The predicted octanol–water partition coefficient (Wildman–Crippen LogP) is 2.39. The summed E-state index contributed by atoms with van der Waals surface area (Å²) in [6.45, 7) is 5.93. The van der Waals surface area contributed by atoms with E-state index in [1.165, 1.54) is 25.7 Å². The van der Waals surface area contributed by atoms with Gasteiger partial charge >= 0.3 is 0 Å². The minimum absolute atomic E-state index is 0.217. The average Bonchev–Trinajstić information content (AvgIpc) is 2.50. The highest BCUT2D eigenvalue weighted by molar-refractivity contribution is 5.61. The van der Waals surface area contributed by atoms with Gasteiger partial charge in [-0.1, -0.05) is 0 Å². The second-order valence-electron chi connectivity index (χ2n) is 8.32. The first kappa shape index (κ1) is 16.9. The number of nitrogens with one attached hydrogen (secondary N) is 1. The van der Waals surface area contributed by atoms with Crippen LogP contribution in [0.3, 0.4) is 0 Å². The molecular weight excluding hydrogens is 316 g/mol. The van der Waals surface area contributed by atoms with Gasteiger partial charge in [-0.3, -0.25) is 0 Å². The molecule has 1 aliphatic heterocycles. The van der Waals surface area contributed by atoms with Gasteiger partial charge in [-0.25, -0.2) is 4.98 Å². The normalized spacial score (nSPS) is 37.4. The predicted molar refractivity (Wildman–Crippen MR) is 99.3 cm³/mol. The lowest BCUT2D eigenvalue weighted by Gasteiger charge is -2.57. The van der Waals surface area contributed by atoms with E-state index in [1.54, 1.807) is 7.11 Å². The summed E-state index contributed by atoms with van der Waals surface area (Å²) in [6.07, 6.45) is 7.15. The molecule has 1 spiro atoms. The number of ether oxygens (including phenoxy) is 2. The van der Waals surface area contributed by atoms with Crippen LogP contribution < -0.4 is 20.7 Å². The van der Waals surface area contributed by atoms with Crippen molar-refractivity contribution in [2.45, 2.75) is 63.8 Å². The Labute approximate surface area is 150 Å². The van der Waals surface area contributed by atoms with E-state index >= 15 is 0 Å². The third-order valence-corrected chi connectivity index (χ3v) is 5.92. The molecule has 1 aromatic heterocycles. The first-order chi connectivity index (χ1) is 12.0. The number of rotatable bonds is 4. The van der Waals surface area contributed by atoms with Crippen LogP contribution >= 0.6 is 0 Å². The van der Waals surface area contributed by atoms with E-state index < -0.39 is 0 Å². The Morgan fingerprint density at radius 2 is 1.92 bits per heavy atom. The molecule has 2 aliphatic carbocycles. The molecule has 2 heterocycles. The van der Waals surface area contributed by atoms with Crippen molar-refractivity contribution in [2.75, 3.05) is 30.4 Å². The van der Waals surface area contributed by atoms with Crippen molar-refractivity contribution in [3.63, 3.8) is 0 Å². The van der Waals surface area contributed by atoms with Gasteiger partial charge in [0.05, 0.1) is 31.2 Å². The van der Waals surface area contributed by atoms with Gasteiger partial charge in [0.2, 0.25) is 0 Å². The summed E-state index contributed by atoms with van der Waals surface area (Å²) in [6, 6.07) is 2.98. The van der Waals surface area contributed by atoms with Gasteiger partial charge in [0.15, 0.2) is 0 Å². The van der Waals surface area contributed by atoms with Crippen molar-refractivity contribution >= 4 is 11.5 Å². The van der Waals surface area contributed by atoms with Crippen LogP contribution in [0.25, 0.3) is 0 Å². The van der Waals surface area contributed by atoms with Crippen LogP contribution in [-0.2, 0) is 4.74 Å². The van der Waals surface area contributed by atoms with Crippen LogP contribution in [0.1, 0.15) is 39.5 Å². The van der Waals surface area contributed by atoms with Crippen molar-refractivity contribution < 1.29 is 9.47 Å². The molecule has 138 valence electrons. The lowest BCUT2D eigenvalue weighted by Crippen LogP contribution is -2.57. The molecule has 1 saturated heterocycles. The van der Waals surface area contributed by atoms with Crippen LogP contribution in [0.4, 0.5) is 11.5 Å². The van der Waals surface area contributed by atoms with E-state index in [0.717, 1.165) is 30.3 Å². The number of morpholine rings is 1. The summed E-state index contributed by atoms with van der Waals surface area (Å²) in [5.41, 5.74) is 7.47. The van der Waals surface area contributed by atoms with Crippen LogP contribution in [-0.4, -0.2) is 49.5 Å². The van der Waals surface area contributed by atoms with Gasteiger partial charge in [0.25, 0.3) is 0 Å². The molecule has 0 radical (unpaired) electrons. The molecule has 0 bridgehead atoms. The van der Waals surface area contributed by atoms with Crippen molar-refractivity contribution in [3.8, 4) is 5.75 Å². The smallest absolute Gasteiger partial charge is 0.147 e. The second-order valence-corrected chi connectivity index (χ2v) is 8.32. The number of aromatic nitrogens is 1. The molecule has 25 heavy (non-hydrogen) atoms. The Hall–Kier alpha value is -1.53. The maximum absolute atomic E-state index is 5.95. The van der Waals surface area contributed by atoms with Gasteiger partial charge < -0.3 is 25.4 Å². The monoisotopic (exact) mass is 346 g/mol. The number of anilines is 2. The first-order valence-corrected chi connectivity index (χ1v) is 9.43. The summed E-state index contributed by atoms with van der Waals surface area (Å²) in [4.78, 5) is 6.96. The standard InChI is InChI=1S/C19H30N4O2/c1-12-10-23(11-13(2)25-12)18-4-17(24-3)16(9-21-18)22-15-7-19(8-15)5-14(20)6-19/h4,9,12-15,22H,5-8,10-11,20H2,1-3H3. The first-order valence-electron chi connectivity index (χ1n) is 9.43. The lowest BCUT2D eigenvalue weighted by molar-refractivity contribution is -0.00546. The Kier molecular flexibility index (Phi) is 4.28.